The monoisotopic (exact) mass is 275 g/mol. The largest absolute Gasteiger partial charge is 0.480 e. The molecule has 1 amide bonds. The Hall–Kier alpha value is -2.30. The Morgan fingerprint density at radius 3 is 2.45 bits per heavy atom. The Morgan fingerprint density at radius 2 is 1.85 bits per heavy atom. The van der Waals surface area contributed by atoms with E-state index in [0.29, 0.717) is 16.5 Å². The summed E-state index contributed by atoms with van der Waals surface area (Å²) in [7, 11) is 1.47. The zero-order valence-corrected chi connectivity index (χ0v) is 11.9. The summed E-state index contributed by atoms with van der Waals surface area (Å²) in [5.41, 5.74) is 3.16. The fraction of sp³-hybridized carbons (Fsp3) is 0.333. The molecule has 20 heavy (non-hydrogen) atoms. The average Bonchev–Trinajstić information content (AvgIpc) is 2.79. The summed E-state index contributed by atoms with van der Waals surface area (Å²) >= 11 is 0. The number of likely N-dealkylation sites (N-methyl/N-ethyl adjacent to an activating group) is 1. The molecule has 0 spiro atoms. The number of aryl methyl sites for hydroxylation is 2. The molecular weight excluding hydrogens is 258 g/mol. The van der Waals surface area contributed by atoms with Crippen molar-refractivity contribution in [2.75, 3.05) is 7.05 Å². The summed E-state index contributed by atoms with van der Waals surface area (Å²) < 4.78 is 5.40. The first-order valence-electron chi connectivity index (χ1n) is 6.31. The smallest absolute Gasteiger partial charge is 0.326 e. The molecular formula is C15H17NO4. The molecule has 0 aliphatic rings. The van der Waals surface area contributed by atoms with Gasteiger partial charge in [0.25, 0.3) is 5.91 Å². The van der Waals surface area contributed by atoms with Gasteiger partial charge < -0.3 is 14.4 Å². The second kappa shape index (κ2) is 5.00. The average molecular weight is 275 g/mol. The number of nitrogens with zero attached hydrogens (tertiary/aromatic N) is 1. The van der Waals surface area contributed by atoms with Crippen molar-refractivity contribution < 1.29 is 19.1 Å². The number of hydrogen-bond acceptors (Lipinski definition) is 3. The Morgan fingerprint density at radius 1 is 1.25 bits per heavy atom. The molecule has 106 valence electrons. The highest BCUT2D eigenvalue weighted by Gasteiger charge is 2.25. The lowest BCUT2D eigenvalue weighted by molar-refractivity contribution is -0.141. The molecule has 0 aliphatic heterocycles. The third kappa shape index (κ3) is 2.27. The standard InChI is InChI=1S/C15H17NO4/c1-8-5-11-12(7-20-13(11)6-9(8)2)14(17)16(4)10(3)15(18)19/h5-7,10H,1-4H3,(H,18,19). The van der Waals surface area contributed by atoms with E-state index < -0.39 is 12.0 Å². The number of carbonyl (C=O) groups excluding carboxylic acids is 1. The van der Waals surface area contributed by atoms with E-state index in [1.807, 2.05) is 26.0 Å². The van der Waals surface area contributed by atoms with Gasteiger partial charge in [0.1, 0.15) is 17.9 Å². The van der Waals surface area contributed by atoms with Crippen LogP contribution >= 0.6 is 0 Å². The van der Waals surface area contributed by atoms with Gasteiger partial charge in [-0.3, -0.25) is 4.79 Å². The lowest BCUT2D eigenvalue weighted by Gasteiger charge is -2.20. The summed E-state index contributed by atoms with van der Waals surface area (Å²) in [6, 6.07) is 2.88. The number of carboxylic acids is 1. The first kappa shape index (κ1) is 14.1. The minimum absolute atomic E-state index is 0.359. The van der Waals surface area contributed by atoms with Crippen LogP contribution in [0.3, 0.4) is 0 Å². The highest BCUT2D eigenvalue weighted by molar-refractivity contribution is 6.07. The molecule has 0 radical (unpaired) electrons. The Kier molecular flexibility index (Phi) is 3.53. The van der Waals surface area contributed by atoms with E-state index in [9.17, 15) is 9.59 Å². The summed E-state index contributed by atoms with van der Waals surface area (Å²) in [5, 5.41) is 9.69. The van der Waals surface area contributed by atoms with Gasteiger partial charge in [-0.15, -0.1) is 0 Å². The molecule has 0 bridgehead atoms. The number of carbonyl (C=O) groups is 2. The Labute approximate surface area is 116 Å². The molecule has 0 fully saturated rings. The third-order valence-corrected chi connectivity index (χ3v) is 3.68. The van der Waals surface area contributed by atoms with Crippen LogP contribution in [-0.2, 0) is 4.79 Å². The van der Waals surface area contributed by atoms with Gasteiger partial charge in [-0.25, -0.2) is 4.79 Å². The van der Waals surface area contributed by atoms with Crippen LogP contribution in [0, 0.1) is 13.8 Å². The number of rotatable bonds is 3. The lowest BCUT2D eigenvalue weighted by atomic mass is 10.0. The molecule has 1 atom stereocenters. The number of aliphatic carboxylic acids is 1. The molecule has 0 saturated heterocycles. The van der Waals surface area contributed by atoms with Gasteiger partial charge in [0.15, 0.2) is 0 Å². The van der Waals surface area contributed by atoms with Crippen LogP contribution in [0.5, 0.6) is 0 Å². The number of hydrogen-bond donors (Lipinski definition) is 1. The minimum Gasteiger partial charge on any atom is -0.480 e. The van der Waals surface area contributed by atoms with Gasteiger partial charge in [-0.2, -0.15) is 0 Å². The molecule has 0 saturated carbocycles. The van der Waals surface area contributed by atoms with Crippen LogP contribution in [0.25, 0.3) is 11.0 Å². The van der Waals surface area contributed by atoms with Crippen molar-refractivity contribution in [3.8, 4) is 0 Å². The van der Waals surface area contributed by atoms with E-state index in [-0.39, 0.29) is 5.91 Å². The number of fused-ring (bicyclic) bond motifs is 1. The van der Waals surface area contributed by atoms with E-state index in [1.54, 1.807) is 0 Å². The minimum atomic E-state index is -1.04. The van der Waals surface area contributed by atoms with Crippen LogP contribution in [0.4, 0.5) is 0 Å². The van der Waals surface area contributed by atoms with Crippen molar-refractivity contribution in [1.82, 2.24) is 4.90 Å². The second-order valence-corrected chi connectivity index (χ2v) is 5.01. The van der Waals surface area contributed by atoms with Crippen LogP contribution in [0.15, 0.2) is 22.8 Å². The Balaban J connectivity index is 2.45. The Bertz CT molecular complexity index is 686. The van der Waals surface area contributed by atoms with Crippen LogP contribution in [0.2, 0.25) is 0 Å². The second-order valence-electron chi connectivity index (χ2n) is 5.01. The van der Waals surface area contributed by atoms with Crippen molar-refractivity contribution in [3.05, 3.63) is 35.1 Å². The van der Waals surface area contributed by atoms with Crippen LogP contribution in [0.1, 0.15) is 28.4 Å². The van der Waals surface area contributed by atoms with Gasteiger partial charge in [0, 0.05) is 12.4 Å². The lowest BCUT2D eigenvalue weighted by Crippen LogP contribution is -2.40. The highest BCUT2D eigenvalue weighted by Crippen LogP contribution is 2.26. The van der Waals surface area contributed by atoms with Crippen molar-refractivity contribution in [3.63, 3.8) is 0 Å². The van der Waals surface area contributed by atoms with E-state index in [0.717, 1.165) is 11.1 Å². The van der Waals surface area contributed by atoms with Gasteiger partial charge in [-0.1, -0.05) is 0 Å². The van der Waals surface area contributed by atoms with E-state index in [2.05, 4.69) is 0 Å². The molecule has 5 nitrogen and oxygen atoms in total. The fourth-order valence-corrected chi connectivity index (χ4v) is 1.98. The quantitative estimate of drug-likeness (QED) is 0.934. The van der Waals surface area contributed by atoms with Crippen molar-refractivity contribution in [1.29, 1.82) is 0 Å². The van der Waals surface area contributed by atoms with Crippen LogP contribution < -0.4 is 0 Å². The maximum Gasteiger partial charge on any atom is 0.326 e. The SMILES string of the molecule is Cc1cc2occ(C(=O)N(C)C(C)C(=O)O)c2cc1C. The first-order chi connectivity index (χ1) is 9.32. The molecule has 2 aromatic rings. The van der Waals surface area contributed by atoms with E-state index in [4.69, 9.17) is 9.52 Å². The van der Waals surface area contributed by atoms with Crippen molar-refractivity contribution >= 4 is 22.8 Å². The zero-order valence-electron chi connectivity index (χ0n) is 11.9. The molecule has 5 heteroatoms. The maximum absolute atomic E-state index is 12.4. The number of carboxylic acid groups (broad SMARTS) is 1. The molecule has 0 aliphatic carbocycles. The van der Waals surface area contributed by atoms with Crippen molar-refractivity contribution in [2.45, 2.75) is 26.8 Å². The highest BCUT2D eigenvalue weighted by atomic mass is 16.4. The predicted octanol–water partition coefficient (Wildman–Crippen LogP) is 2.59. The first-order valence-corrected chi connectivity index (χ1v) is 6.31. The topological polar surface area (TPSA) is 70.8 Å². The van der Waals surface area contributed by atoms with Gasteiger partial charge in [0.05, 0.1) is 5.56 Å². The number of furan rings is 1. The van der Waals surface area contributed by atoms with Gasteiger partial charge >= 0.3 is 5.97 Å². The summed E-state index contributed by atoms with van der Waals surface area (Å²) in [6.45, 7) is 5.40. The van der Waals surface area contributed by atoms with E-state index >= 15 is 0 Å². The molecule has 1 heterocycles. The van der Waals surface area contributed by atoms with Crippen LogP contribution in [-0.4, -0.2) is 35.0 Å². The zero-order chi connectivity index (χ0) is 15.0. The van der Waals surface area contributed by atoms with E-state index in [1.165, 1.54) is 25.1 Å². The predicted molar refractivity (Wildman–Crippen MR) is 74.9 cm³/mol. The molecule has 1 unspecified atom stereocenters. The maximum atomic E-state index is 12.4. The van der Waals surface area contributed by atoms with Gasteiger partial charge in [0.2, 0.25) is 0 Å². The van der Waals surface area contributed by atoms with Crippen molar-refractivity contribution in [2.24, 2.45) is 0 Å². The number of amides is 1. The third-order valence-electron chi connectivity index (χ3n) is 3.68. The normalized spacial score (nSPS) is 12.4. The van der Waals surface area contributed by atoms with Gasteiger partial charge in [-0.05, 0) is 44.0 Å². The molecule has 1 N–H and O–H groups in total. The number of benzene rings is 1. The summed E-state index contributed by atoms with van der Waals surface area (Å²) in [6.07, 6.45) is 1.39. The molecule has 2 rings (SSSR count). The molecule has 1 aromatic heterocycles. The summed E-state index contributed by atoms with van der Waals surface area (Å²) in [5.74, 6) is -1.40. The summed E-state index contributed by atoms with van der Waals surface area (Å²) in [4.78, 5) is 24.5. The fourth-order valence-electron chi connectivity index (χ4n) is 1.98. The molecule has 1 aromatic carbocycles.